The van der Waals surface area contributed by atoms with Gasteiger partial charge in [0.25, 0.3) is 15.9 Å². The van der Waals surface area contributed by atoms with Crippen LogP contribution in [-0.2, 0) is 10.0 Å². The van der Waals surface area contributed by atoms with Gasteiger partial charge in [-0.3, -0.25) is 9.52 Å². The zero-order valence-corrected chi connectivity index (χ0v) is 15.7. The summed E-state index contributed by atoms with van der Waals surface area (Å²) in [5.74, 6) is 0.216. The number of amides is 1. The summed E-state index contributed by atoms with van der Waals surface area (Å²) in [6, 6.07) is 10.5. The molecule has 2 N–H and O–H groups in total. The number of halogens is 1. The number of carbonyl (C=O) groups is 1. The second-order valence-electron chi connectivity index (χ2n) is 5.21. The zero-order chi connectivity index (χ0) is 19.2. The van der Waals surface area contributed by atoms with Gasteiger partial charge in [0, 0.05) is 17.8 Å². The first-order chi connectivity index (χ1) is 12.4. The normalized spacial score (nSPS) is 10.8. The molecule has 0 saturated heterocycles. The maximum Gasteiger partial charge on any atom is 0.263 e. The molecule has 0 aliphatic carbocycles. The number of hydrogen-bond donors (Lipinski definition) is 2. The van der Waals surface area contributed by atoms with E-state index in [1.807, 2.05) is 6.92 Å². The number of nitrogens with one attached hydrogen (secondary N) is 2. The molecule has 0 unspecified atom stereocenters. The summed E-state index contributed by atoms with van der Waals surface area (Å²) >= 11 is 6.04. The van der Waals surface area contributed by atoms with Crippen molar-refractivity contribution in [2.45, 2.75) is 11.8 Å². The molecule has 0 fully saturated rings. The van der Waals surface area contributed by atoms with Crippen molar-refractivity contribution in [2.75, 3.05) is 17.9 Å². The monoisotopic (exact) mass is 394 g/mol. The Hall–Kier alpha value is -2.51. The second kappa shape index (κ2) is 8.73. The summed E-state index contributed by atoms with van der Waals surface area (Å²) in [6.45, 7) is 6.16. The average molecular weight is 395 g/mol. The molecule has 138 valence electrons. The molecule has 0 bridgehead atoms. The topological polar surface area (TPSA) is 84.5 Å². The summed E-state index contributed by atoms with van der Waals surface area (Å²) in [6.07, 6.45) is 1.53. The van der Waals surface area contributed by atoms with Gasteiger partial charge in [-0.1, -0.05) is 17.7 Å². The van der Waals surface area contributed by atoms with E-state index in [9.17, 15) is 13.2 Å². The molecule has 0 radical (unpaired) electrons. The van der Waals surface area contributed by atoms with Crippen LogP contribution in [0.4, 0.5) is 5.69 Å². The highest BCUT2D eigenvalue weighted by Gasteiger charge is 2.20. The minimum absolute atomic E-state index is 0.0173. The maximum atomic E-state index is 12.6. The lowest BCUT2D eigenvalue weighted by atomic mass is 10.2. The predicted octanol–water partition coefficient (Wildman–Crippen LogP) is 3.46. The van der Waals surface area contributed by atoms with Crippen LogP contribution in [0.1, 0.15) is 17.3 Å². The third-order valence-electron chi connectivity index (χ3n) is 3.31. The molecule has 2 rings (SSSR count). The Balaban J connectivity index is 2.27. The van der Waals surface area contributed by atoms with E-state index in [0.29, 0.717) is 18.0 Å². The molecule has 0 heterocycles. The smallest absolute Gasteiger partial charge is 0.263 e. The van der Waals surface area contributed by atoms with Crippen LogP contribution >= 0.6 is 11.6 Å². The predicted molar refractivity (Wildman–Crippen MR) is 102 cm³/mol. The van der Waals surface area contributed by atoms with Crippen molar-refractivity contribution in [3.63, 3.8) is 0 Å². The Morgan fingerprint density at radius 2 is 1.92 bits per heavy atom. The van der Waals surface area contributed by atoms with Gasteiger partial charge in [0.2, 0.25) is 0 Å². The molecule has 26 heavy (non-hydrogen) atoms. The molecule has 0 aromatic heterocycles. The Morgan fingerprint density at radius 3 is 2.54 bits per heavy atom. The van der Waals surface area contributed by atoms with Crippen LogP contribution in [0.15, 0.2) is 60.0 Å². The van der Waals surface area contributed by atoms with Crippen molar-refractivity contribution in [3.8, 4) is 5.75 Å². The van der Waals surface area contributed by atoms with E-state index in [1.165, 1.54) is 24.3 Å². The van der Waals surface area contributed by atoms with Gasteiger partial charge < -0.3 is 10.1 Å². The number of ether oxygens (including phenoxy) is 1. The van der Waals surface area contributed by atoms with E-state index in [-0.39, 0.29) is 22.0 Å². The summed E-state index contributed by atoms with van der Waals surface area (Å²) < 4.78 is 33.1. The molecular weight excluding hydrogens is 376 g/mol. The zero-order valence-electron chi connectivity index (χ0n) is 14.2. The number of anilines is 1. The summed E-state index contributed by atoms with van der Waals surface area (Å²) in [4.78, 5) is 11.8. The quantitative estimate of drug-likeness (QED) is 0.671. The number of hydrogen-bond acceptors (Lipinski definition) is 4. The highest BCUT2D eigenvalue weighted by molar-refractivity contribution is 7.92. The number of benzene rings is 2. The summed E-state index contributed by atoms with van der Waals surface area (Å²) in [5, 5.41) is 2.60. The number of carbonyl (C=O) groups excluding carboxylic acids is 1. The minimum Gasteiger partial charge on any atom is -0.494 e. The van der Waals surface area contributed by atoms with Gasteiger partial charge in [-0.15, -0.1) is 6.58 Å². The van der Waals surface area contributed by atoms with Crippen molar-refractivity contribution in [1.82, 2.24) is 5.32 Å². The van der Waals surface area contributed by atoms with E-state index in [0.717, 1.165) is 0 Å². The lowest BCUT2D eigenvalue weighted by Crippen LogP contribution is -2.23. The molecular formula is C18H19ClN2O4S. The van der Waals surface area contributed by atoms with Crippen LogP contribution in [0.2, 0.25) is 5.02 Å². The molecule has 0 aliphatic heterocycles. The van der Waals surface area contributed by atoms with Gasteiger partial charge in [0.1, 0.15) is 10.6 Å². The van der Waals surface area contributed by atoms with Gasteiger partial charge >= 0.3 is 0 Å². The first kappa shape index (κ1) is 19.8. The van der Waals surface area contributed by atoms with E-state index < -0.39 is 15.9 Å². The highest BCUT2D eigenvalue weighted by Crippen LogP contribution is 2.26. The molecule has 6 nitrogen and oxygen atoms in total. The number of sulfonamides is 1. The second-order valence-corrected chi connectivity index (χ2v) is 7.26. The Morgan fingerprint density at radius 1 is 1.23 bits per heavy atom. The van der Waals surface area contributed by atoms with Crippen LogP contribution in [0.25, 0.3) is 0 Å². The van der Waals surface area contributed by atoms with E-state index in [1.54, 1.807) is 24.3 Å². The van der Waals surface area contributed by atoms with Crippen molar-refractivity contribution in [2.24, 2.45) is 0 Å². The molecule has 8 heteroatoms. The minimum atomic E-state index is -3.97. The van der Waals surface area contributed by atoms with Crippen molar-refractivity contribution >= 4 is 33.2 Å². The van der Waals surface area contributed by atoms with Gasteiger partial charge in [-0.25, -0.2) is 8.42 Å². The van der Waals surface area contributed by atoms with Gasteiger partial charge in [0.05, 0.1) is 11.6 Å². The SMILES string of the molecule is C=CCNC(=O)c1ccc(Cl)c(S(=O)(=O)Nc2ccc(OCC)cc2)c1. The first-order valence-corrected chi connectivity index (χ1v) is 9.68. The van der Waals surface area contributed by atoms with Crippen LogP contribution in [0.5, 0.6) is 5.75 Å². The van der Waals surface area contributed by atoms with Crippen LogP contribution < -0.4 is 14.8 Å². The lowest BCUT2D eigenvalue weighted by molar-refractivity contribution is 0.0958. The van der Waals surface area contributed by atoms with Crippen molar-refractivity contribution < 1.29 is 17.9 Å². The Bertz CT molecular complexity index is 896. The Kier molecular flexibility index (Phi) is 6.65. The van der Waals surface area contributed by atoms with E-state index in [2.05, 4.69) is 16.6 Å². The average Bonchev–Trinajstić information content (AvgIpc) is 2.61. The van der Waals surface area contributed by atoms with Crippen molar-refractivity contribution in [1.29, 1.82) is 0 Å². The molecule has 2 aromatic rings. The summed E-state index contributed by atoms with van der Waals surface area (Å²) in [7, 11) is -3.97. The summed E-state index contributed by atoms with van der Waals surface area (Å²) in [5.41, 5.74) is 0.536. The fourth-order valence-corrected chi connectivity index (χ4v) is 3.70. The molecule has 0 saturated carbocycles. The number of rotatable bonds is 8. The molecule has 0 aliphatic rings. The fourth-order valence-electron chi connectivity index (χ4n) is 2.11. The highest BCUT2D eigenvalue weighted by atomic mass is 35.5. The first-order valence-electron chi connectivity index (χ1n) is 7.81. The molecule has 0 atom stereocenters. The van der Waals surface area contributed by atoms with Gasteiger partial charge in [-0.2, -0.15) is 0 Å². The van der Waals surface area contributed by atoms with Gasteiger partial charge in [-0.05, 0) is 49.4 Å². The molecule has 2 aromatic carbocycles. The van der Waals surface area contributed by atoms with Crippen molar-refractivity contribution in [3.05, 3.63) is 65.7 Å². The third-order valence-corrected chi connectivity index (χ3v) is 5.17. The van der Waals surface area contributed by atoms with Crippen LogP contribution in [0, 0.1) is 0 Å². The van der Waals surface area contributed by atoms with Crippen LogP contribution in [0.3, 0.4) is 0 Å². The largest absolute Gasteiger partial charge is 0.494 e. The van der Waals surface area contributed by atoms with Gasteiger partial charge in [0.15, 0.2) is 0 Å². The lowest BCUT2D eigenvalue weighted by Gasteiger charge is -2.12. The van der Waals surface area contributed by atoms with E-state index in [4.69, 9.17) is 16.3 Å². The fraction of sp³-hybridized carbons (Fsp3) is 0.167. The third kappa shape index (κ3) is 5.00. The maximum absolute atomic E-state index is 12.6. The van der Waals surface area contributed by atoms with E-state index >= 15 is 0 Å². The molecule has 1 amide bonds. The van der Waals surface area contributed by atoms with Crippen LogP contribution in [-0.4, -0.2) is 27.5 Å². The molecule has 0 spiro atoms. The Labute approximate surface area is 157 Å². The standard InChI is InChI=1S/C18H19ClN2O4S/c1-3-11-20-18(22)13-5-10-16(19)17(12-13)26(23,24)21-14-6-8-15(9-7-14)25-4-2/h3,5-10,12,21H,1,4,11H2,2H3,(H,20,22).